The van der Waals surface area contributed by atoms with Gasteiger partial charge in [0.15, 0.2) is 5.76 Å². The molecule has 2 aromatic carbocycles. The zero-order chi connectivity index (χ0) is 22.6. The van der Waals surface area contributed by atoms with E-state index in [-0.39, 0.29) is 16.9 Å². The highest BCUT2D eigenvalue weighted by Gasteiger charge is 2.26. The average molecular weight is 441 g/mol. The third-order valence-corrected chi connectivity index (χ3v) is 6.12. The van der Waals surface area contributed by atoms with Crippen molar-refractivity contribution in [3.8, 4) is 11.1 Å². The molecule has 7 heteroatoms. The van der Waals surface area contributed by atoms with Gasteiger partial charge in [-0.2, -0.15) is 0 Å². The molecule has 0 radical (unpaired) electrons. The number of benzene rings is 2. The highest BCUT2D eigenvalue weighted by atomic mass is 32.2. The van der Waals surface area contributed by atoms with E-state index in [0.717, 1.165) is 16.7 Å². The highest BCUT2D eigenvalue weighted by Crippen LogP contribution is 2.20. The van der Waals surface area contributed by atoms with Crippen molar-refractivity contribution in [3.63, 3.8) is 0 Å². The maximum absolute atomic E-state index is 12.5. The van der Waals surface area contributed by atoms with E-state index in [1.807, 2.05) is 37.3 Å². The van der Waals surface area contributed by atoms with Gasteiger partial charge in [-0.3, -0.25) is 4.79 Å². The smallest absolute Gasteiger partial charge is 0.287 e. The van der Waals surface area contributed by atoms with Crippen molar-refractivity contribution in [1.82, 2.24) is 10.0 Å². The molecule has 0 unspecified atom stereocenters. The van der Waals surface area contributed by atoms with E-state index in [1.54, 1.807) is 20.8 Å². The summed E-state index contributed by atoms with van der Waals surface area (Å²) in [5.74, 6) is -0.494. The fourth-order valence-electron chi connectivity index (χ4n) is 3.20. The van der Waals surface area contributed by atoms with Crippen LogP contribution in [0.2, 0.25) is 0 Å². The van der Waals surface area contributed by atoms with Crippen molar-refractivity contribution in [3.05, 3.63) is 78.1 Å². The van der Waals surface area contributed by atoms with E-state index in [4.69, 9.17) is 4.42 Å². The molecule has 1 amide bonds. The zero-order valence-electron chi connectivity index (χ0n) is 18.2. The summed E-state index contributed by atoms with van der Waals surface area (Å²) in [6, 6.07) is 20.8. The Hall–Kier alpha value is -2.90. The van der Waals surface area contributed by atoms with Crippen LogP contribution >= 0.6 is 0 Å². The van der Waals surface area contributed by atoms with Crippen LogP contribution in [0.15, 0.2) is 76.2 Å². The first-order chi connectivity index (χ1) is 14.5. The third kappa shape index (κ3) is 6.29. The molecule has 0 aliphatic rings. The van der Waals surface area contributed by atoms with E-state index in [0.29, 0.717) is 6.42 Å². The third-order valence-electron chi connectivity index (χ3n) is 4.49. The molecule has 0 fully saturated rings. The van der Waals surface area contributed by atoms with Crippen LogP contribution in [-0.4, -0.2) is 25.9 Å². The molecule has 1 heterocycles. The van der Waals surface area contributed by atoms with E-state index in [9.17, 15) is 13.2 Å². The number of furan rings is 1. The van der Waals surface area contributed by atoms with Crippen LogP contribution in [0, 0.1) is 0 Å². The van der Waals surface area contributed by atoms with Crippen LogP contribution in [0.1, 0.15) is 43.8 Å². The lowest BCUT2D eigenvalue weighted by Gasteiger charge is -2.19. The summed E-state index contributed by atoms with van der Waals surface area (Å²) in [6.45, 7) is 7.09. The highest BCUT2D eigenvalue weighted by molar-refractivity contribution is 7.89. The van der Waals surface area contributed by atoms with Gasteiger partial charge < -0.3 is 9.73 Å². The normalized spacial score (nSPS) is 13.0. The van der Waals surface area contributed by atoms with E-state index in [1.165, 1.54) is 12.1 Å². The topological polar surface area (TPSA) is 88.4 Å². The van der Waals surface area contributed by atoms with E-state index < -0.39 is 21.5 Å². The number of nitrogens with one attached hydrogen (secondary N) is 2. The van der Waals surface area contributed by atoms with Crippen molar-refractivity contribution in [1.29, 1.82) is 0 Å². The molecule has 3 rings (SSSR count). The predicted molar refractivity (Wildman–Crippen MR) is 121 cm³/mol. The Morgan fingerprint density at radius 2 is 1.55 bits per heavy atom. The number of hydrogen-bond acceptors (Lipinski definition) is 4. The standard InChI is InChI=1S/C24H28N2O4S/c1-17(16-18-10-12-20(13-11-18)19-8-6-5-7-9-19)25-23(27)21-14-15-22(30-21)31(28,29)26-24(2,3)4/h5-15,17,26H,16H2,1-4H3,(H,25,27)/t17-/m1/s1. The summed E-state index contributed by atoms with van der Waals surface area (Å²) in [6.07, 6.45) is 0.637. The number of carbonyl (C=O) groups is 1. The SMILES string of the molecule is C[C@H](Cc1ccc(-c2ccccc2)cc1)NC(=O)c1ccc(S(=O)(=O)NC(C)(C)C)o1. The van der Waals surface area contributed by atoms with Crippen LogP contribution < -0.4 is 10.0 Å². The summed E-state index contributed by atoms with van der Waals surface area (Å²) in [5, 5.41) is 2.58. The fraction of sp³-hybridized carbons (Fsp3) is 0.292. The summed E-state index contributed by atoms with van der Waals surface area (Å²) in [7, 11) is -3.83. The summed E-state index contributed by atoms with van der Waals surface area (Å²) < 4.78 is 32.5. The van der Waals surface area contributed by atoms with Crippen LogP contribution in [0.3, 0.4) is 0 Å². The van der Waals surface area contributed by atoms with E-state index >= 15 is 0 Å². The van der Waals surface area contributed by atoms with Gasteiger partial charge in [-0.25, -0.2) is 13.1 Å². The van der Waals surface area contributed by atoms with Gasteiger partial charge in [0.1, 0.15) is 0 Å². The molecule has 0 saturated carbocycles. The number of carbonyl (C=O) groups excluding carboxylic acids is 1. The predicted octanol–water partition coefficient (Wildman–Crippen LogP) is 4.38. The van der Waals surface area contributed by atoms with Crippen LogP contribution in [0.5, 0.6) is 0 Å². The number of sulfonamides is 1. The molecule has 3 aromatic rings. The Balaban J connectivity index is 1.60. The van der Waals surface area contributed by atoms with Gasteiger partial charge >= 0.3 is 0 Å². The lowest BCUT2D eigenvalue weighted by atomic mass is 10.0. The number of hydrogen-bond donors (Lipinski definition) is 2. The molecule has 0 bridgehead atoms. The first-order valence-corrected chi connectivity index (χ1v) is 11.6. The Bertz CT molecular complexity index is 1130. The Labute approximate surface area is 183 Å². The quantitative estimate of drug-likeness (QED) is 0.570. The molecule has 0 spiro atoms. The second-order valence-electron chi connectivity index (χ2n) is 8.62. The molecule has 0 aliphatic heterocycles. The first kappa shape index (κ1) is 22.8. The Kier molecular flexibility index (Phi) is 6.67. The maximum atomic E-state index is 12.5. The fourth-order valence-corrected chi connectivity index (χ4v) is 4.56. The van der Waals surface area contributed by atoms with Gasteiger partial charge in [0.25, 0.3) is 15.9 Å². The average Bonchev–Trinajstić information content (AvgIpc) is 3.19. The molecule has 2 N–H and O–H groups in total. The number of amides is 1. The molecule has 1 aromatic heterocycles. The van der Waals surface area contributed by atoms with Crippen molar-refractivity contribution in [2.75, 3.05) is 0 Å². The molecule has 0 saturated heterocycles. The van der Waals surface area contributed by atoms with Gasteiger partial charge in [0.2, 0.25) is 5.09 Å². The molecule has 1 atom stereocenters. The molecular weight excluding hydrogens is 412 g/mol. The van der Waals surface area contributed by atoms with Crippen molar-refractivity contribution >= 4 is 15.9 Å². The lowest BCUT2D eigenvalue weighted by Crippen LogP contribution is -2.40. The second-order valence-corrected chi connectivity index (χ2v) is 10.2. The first-order valence-electron chi connectivity index (χ1n) is 10.1. The maximum Gasteiger partial charge on any atom is 0.287 e. The zero-order valence-corrected chi connectivity index (χ0v) is 19.0. The van der Waals surface area contributed by atoms with Crippen LogP contribution in [0.4, 0.5) is 0 Å². The van der Waals surface area contributed by atoms with Crippen LogP contribution in [0.25, 0.3) is 11.1 Å². The van der Waals surface area contributed by atoms with Gasteiger partial charge in [0.05, 0.1) is 0 Å². The largest absolute Gasteiger partial charge is 0.438 e. The second kappa shape index (κ2) is 9.08. The van der Waals surface area contributed by atoms with Crippen molar-refractivity contribution in [2.24, 2.45) is 0 Å². The minimum absolute atomic E-state index is 0.0411. The van der Waals surface area contributed by atoms with Crippen molar-refractivity contribution < 1.29 is 17.6 Å². The summed E-state index contributed by atoms with van der Waals surface area (Å²) in [4.78, 5) is 12.5. The minimum Gasteiger partial charge on any atom is -0.438 e. The van der Waals surface area contributed by atoms with E-state index in [2.05, 4.69) is 34.3 Å². The Morgan fingerprint density at radius 3 is 2.16 bits per heavy atom. The van der Waals surface area contributed by atoms with Crippen LogP contribution in [-0.2, 0) is 16.4 Å². The van der Waals surface area contributed by atoms with Gasteiger partial charge in [-0.1, -0.05) is 54.6 Å². The summed E-state index contributed by atoms with van der Waals surface area (Å²) in [5.41, 5.74) is 2.72. The molecule has 6 nitrogen and oxygen atoms in total. The summed E-state index contributed by atoms with van der Waals surface area (Å²) >= 11 is 0. The molecular formula is C24H28N2O4S. The van der Waals surface area contributed by atoms with Crippen molar-refractivity contribution in [2.45, 2.75) is 50.8 Å². The lowest BCUT2D eigenvalue weighted by molar-refractivity contribution is 0.0906. The molecule has 31 heavy (non-hydrogen) atoms. The monoisotopic (exact) mass is 440 g/mol. The molecule has 0 aliphatic carbocycles. The van der Waals surface area contributed by atoms with Gasteiger partial charge in [0, 0.05) is 11.6 Å². The minimum atomic E-state index is -3.83. The van der Waals surface area contributed by atoms with Gasteiger partial charge in [-0.15, -0.1) is 0 Å². The van der Waals surface area contributed by atoms with Gasteiger partial charge in [-0.05, 0) is 62.9 Å². The molecule has 164 valence electrons. The Morgan fingerprint density at radius 1 is 0.935 bits per heavy atom. The number of rotatable bonds is 7.